The number of rotatable bonds is 4. The quantitative estimate of drug-likeness (QED) is 0.921. The van der Waals surface area contributed by atoms with E-state index in [0.717, 1.165) is 12.6 Å². The van der Waals surface area contributed by atoms with E-state index in [0.29, 0.717) is 17.7 Å². The van der Waals surface area contributed by atoms with Gasteiger partial charge in [0.2, 0.25) is 0 Å². The van der Waals surface area contributed by atoms with Gasteiger partial charge >= 0.3 is 0 Å². The summed E-state index contributed by atoms with van der Waals surface area (Å²) in [7, 11) is 0. The molecule has 3 rings (SSSR count). The fourth-order valence-electron chi connectivity index (χ4n) is 3.38. The largest absolute Gasteiger partial charge is 0.361 e. The van der Waals surface area contributed by atoms with E-state index in [1.165, 1.54) is 6.07 Å². The molecule has 2 heterocycles. The second-order valence-corrected chi connectivity index (χ2v) is 6.64. The highest BCUT2D eigenvalue weighted by molar-refractivity contribution is 5.92. The maximum Gasteiger partial charge on any atom is 0.273 e. The number of benzene rings is 1. The summed E-state index contributed by atoms with van der Waals surface area (Å²) in [6, 6.07) is 5.22. The summed E-state index contributed by atoms with van der Waals surface area (Å²) in [4.78, 5) is 14.6. The van der Waals surface area contributed by atoms with Crippen LogP contribution in [-0.4, -0.2) is 34.6 Å². The summed E-state index contributed by atoms with van der Waals surface area (Å²) >= 11 is 0. The van der Waals surface area contributed by atoms with Crippen molar-refractivity contribution in [3.8, 4) is 0 Å². The van der Waals surface area contributed by atoms with Gasteiger partial charge in [0, 0.05) is 18.7 Å². The van der Waals surface area contributed by atoms with Crippen LogP contribution in [0.25, 0.3) is 0 Å². The van der Waals surface area contributed by atoms with Gasteiger partial charge < -0.3 is 9.84 Å². The molecule has 1 saturated heterocycles. The van der Waals surface area contributed by atoms with Crippen LogP contribution in [0.1, 0.15) is 48.1 Å². The number of hydrogen-bond acceptors (Lipinski definition) is 4. The van der Waals surface area contributed by atoms with Crippen LogP contribution < -0.4 is 5.32 Å². The number of likely N-dealkylation sites (tertiary alicyclic amines) is 1. The molecule has 134 valence electrons. The molecule has 0 spiro atoms. The molecule has 1 aromatic heterocycles. The molecule has 0 bridgehead atoms. The van der Waals surface area contributed by atoms with Gasteiger partial charge in [-0.2, -0.15) is 0 Å². The Hall–Kier alpha value is -2.28. The molecule has 2 aromatic rings. The zero-order chi connectivity index (χ0) is 18.1. The van der Waals surface area contributed by atoms with Crippen molar-refractivity contribution < 1.29 is 18.1 Å². The normalized spacial score (nSPS) is 21.0. The highest BCUT2D eigenvalue weighted by Crippen LogP contribution is 2.34. The van der Waals surface area contributed by atoms with Crippen LogP contribution in [0.2, 0.25) is 0 Å². The van der Waals surface area contributed by atoms with Crippen molar-refractivity contribution in [2.45, 2.75) is 45.3 Å². The number of carbonyl (C=O) groups is 1. The van der Waals surface area contributed by atoms with Crippen LogP contribution in [0.15, 0.2) is 28.8 Å². The van der Waals surface area contributed by atoms with Gasteiger partial charge in [-0.15, -0.1) is 0 Å². The molecular formula is C18H21F2N3O2. The maximum absolute atomic E-state index is 13.7. The van der Waals surface area contributed by atoms with E-state index in [1.807, 2.05) is 13.8 Å². The molecular weight excluding hydrogens is 328 g/mol. The standard InChI is InChI=1S/C18H21F2N3O2/c1-10(2)23-7-6-15(21-18(24)16-8-11(3)25-22-16)17(23)12-4-5-13(19)14(20)9-12/h4-5,8-10,15,17H,6-7H2,1-3H3,(H,21,24)/t15-,17-/m1/s1. The van der Waals surface area contributed by atoms with Crippen molar-refractivity contribution in [3.05, 3.63) is 52.9 Å². The maximum atomic E-state index is 13.7. The van der Waals surface area contributed by atoms with E-state index >= 15 is 0 Å². The first-order chi connectivity index (χ1) is 11.9. The molecule has 1 aromatic carbocycles. The Morgan fingerprint density at radius 3 is 2.68 bits per heavy atom. The first-order valence-corrected chi connectivity index (χ1v) is 8.31. The predicted molar refractivity (Wildman–Crippen MR) is 88.1 cm³/mol. The fraction of sp³-hybridized carbons (Fsp3) is 0.444. The third-order valence-corrected chi connectivity index (χ3v) is 4.56. The predicted octanol–water partition coefficient (Wildman–Crippen LogP) is 3.22. The summed E-state index contributed by atoms with van der Waals surface area (Å²) < 4.78 is 31.9. The van der Waals surface area contributed by atoms with Crippen molar-refractivity contribution in [1.82, 2.24) is 15.4 Å². The Kier molecular flexibility index (Phi) is 4.85. The van der Waals surface area contributed by atoms with E-state index in [-0.39, 0.29) is 29.7 Å². The highest BCUT2D eigenvalue weighted by atomic mass is 19.2. The van der Waals surface area contributed by atoms with Gasteiger partial charge in [-0.1, -0.05) is 11.2 Å². The highest BCUT2D eigenvalue weighted by Gasteiger charge is 2.38. The number of carbonyl (C=O) groups excluding carboxylic acids is 1. The van der Waals surface area contributed by atoms with Crippen LogP contribution in [-0.2, 0) is 0 Å². The average Bonchev–Trinajstić information content (AvgIpc) is 3.16. The lowest BCUT2D eigenvalue weighted by atomic mass is 9.99. The van der Waals surface area contributed by atoms with Crippen LogP contribution in [0.4, 0.5) is 8.78 Å². The van der Waals surface area contributed by atoms with Gasteiger partial charge in [0.05, 0.1) is 12.1 Å². The average molecular weight is 349 g/mol. The lowest BCUT2D eigenvalue weighted by Crippen LogP contribution is -2.41. The third kappa shape index (κ3) is 3.56. The minimum atomic E-state index is -0.884. The summed E-state index contributed by atoms with van der Waals surface area (Å²) in [5.74, 6) is -1.54. The van der Waals surface area contributed by atoms with Gasteiger partial charge in [0.1, 0.15) is 5.76 Å². The lowest BCUT2D eigenvalue weighted by Gasteiger charge is -2.31. The monoisotopic (exact) mass is 349 g/mol. The van der Waals surface area contributed by atoms with E-state index in [2.05, 4.69) is 15.4 Å². The Labute approximate surface area is 145 Å². The summed E-state index contributed by atoms with van der Waals surface area (Å²) in [5, 5.41) is 6.68. The fourth-order valence-corrected chi connectivity index (χ4v) is 3.38. The van der Waals surface area contributed by atoms with E-state index in [1.54, 1.807) is 19.1 Å². The van der Waals surface area contributed by atoms with E-state index in [9.17, 15) is 13.6 Å². The van der Waals surface area contributed by atoms with Crippen LogP contribution in [0.5, 0.6) is 0 Å². The Morgan fingerprint density at radius 1 is 1.32 bits per heavy atom. The molecule has 2 atom stereocenters. The molecule has 1 N–H and O–H groups in total. The van der Waals surface area contributed by atoms with Crippen LogP contribution in [0, 0.1) is 18.6 Å². The Morgan fingerprint density at radius 2 is 2.08 bits per heavy atom. The number of aryl methyl sites for hydroxylation is 1. The minimum Gasteiger partial charge on any atom is -0.361 e. The number of hydrogen-bond donors (Lipinski definition) is 1. The number of nitrogens with one attached hydrogen (secondary N) is 1. The topological polar surface area (TPSA) is 58.4 Å². The van der Waals surface area contributed by atoms with Gasteiger partial charge in [-0.05, 0) is 44.9 Å². The van der Waals surface area contributed by atoms with E-state index < -0.39 is 11.6 Å². The van der Waals surface area contributed by atoms with Crippen molar-refractivity contribution in [2.24, 2.45) is 0 Å². The molecule has 1 aliphatic rings. The molecule has 1 fully saturated rings. The SMILES string of the molecule is Cc1cc(C(=O)N[C@@H]2CCN(C(C)C)[C@@H]2c2ccc(F)c(F)c2)no1. The number of amides is 1. The van der Waals surface area contributed by atoms with Crippen LogP contribution in [0.3, 0.4) is 0 Å². The summed E-state index contributed by atoms with van der Waals surface area (Å²) in [6.45, 7) is 6.55. The summed E-state index contributed by atoms with van der Waals surface area (Å²) in [5.41, 5.74) is 0.858. The van der Waals surface area contributed by atoms with Crippen molar-refractivity contribution in [2.75, 3.05) is 6.54 Å². The van der Waals surface area contributed by atoms with Gasteiger partial charge in [-0.25, -0.2) is 8.78 Å². The van der Waals surface area contributed by atoms with Crippen molar-refractivity contribution >= 4 is 5.91 Å². The molecule has 0 saturated carbocycles. The van der Waals surface area contributed by atoms with Gasteiger partial charge in [-0.3, -0.25) is 9.69 Å². The molecule has 1 aliphatic heterocycles. The molecule has 7 heteroatoms. The number of nitrogens with zero attached hydrogens (tertiary/aromatic N) is 2. The molecule has 0 unspecified atom stereocenters. The molecule has 5 nitrogen and oxygen atoms in total. The second kappa shape index (κ2) is 6.92. The van der Waals surface area contributed by atoms with Crippen LogP contribution >= 0.6 is 0 Å². The zero-order valence-corrected chi connectivity index (χ0v) is 14.4. The molecule has 0 aliphatic carbocycles. The molecule has 1 amide bonds. The first-order valence-electron chi connectivity index (χ1n) is 8.31. The van der Waals surface area contributed by atoms with Gasteiger partial charge in [0.15, 0.2) is 17.3 Å². The third-order valence-electron chi connectivity index (χ3n) is 4.56. The Bertz CT molecular complexity index is 775. The van der Waals surface area contributed by atoms with Crippen molar-refractivity contribution in [1.29, 1.82) is 0 Å². The number of aromatic nitrogens is 1. The lowest BCUT2D eigenvalue weighted by molar-refractivity contribution is 0.0910. The zero-order valence-electron chi connectivity index (χ0n) is 14.4. The smallest absolute Gasteiger partial charge is 0.273 e. The second-order valence-electron chi connectivity index (χ2n) is 6.64. The first kappa shape index (κ1) is 17.5. The minimum absolute atomic E-state index is 0.203. The Balaban J connectivity index is 1.86. The van der Waals surface area contributed by atoms with Crippen molar-refractivity contribution in [3.63, 3.8) is 0 Å². The molecule has 25 heavy (non-hydrogen) atoms. The van der Waals surface area contributed by atoms with E-state index in [4.69, 9.17) is 4.52 Å². The summed E-state index contributed by atoms with van der Waals surface area (Å²) in [6.07, 6.45) is 0.713. The van der Waals surface area contributed by atoms with Gasteiger partial charge in [0.25, 0.3) is 5.91 Å². The molecule has 0 radical (unpaired) electrons. The number of halogens is 2.